The summed E-state index contributed by atoms with van der Waals surface area (Å²) in [6.45, 7) is 0.106. The second-order valence-corrected chi connectivity index (χ2v) is 13.2. The van der Waals surface area contributed by atoms with Crippen LogP contribution in [-0.4, -0.2) is 30.6 Å². The minimum atomic E-state index is -1.38. The van der Waals surface area contributed by atoms with Gasteiger partial charge in [-0.15, -0.1) is 0 Å². The first-order valence-corrected chi connectivity index (χ1v) is 16.7. The summed E-state index contributed by atoms with van der Waals surface area (Å²) < 4.78 is 4.10. The van der Waals surface area contributed by atoms with Crippen molar-refractivity contribution in [1.29, 1.82) is 0 Å². The second-order valence-electron chi connectivity index (χ2n) is 13.2. The van der Waals surface area contributed by atoms with Gasteiger partial charge < -0.3 is 5.11 Å². The van der Waals surface area contributed by atoms with E-state index in [0.29, 0.717) is 27.8 Å². The summed E-state index contributed by atoms with van der Waals surface area (Å²) in [7, 11) is 0. The van der Waals surface area contributed by atoms with Crippen LogP contribution in [0.2, 0.25) is 0 Å². The van der Waals surface area contributed by atoms with Crippen LogP contribution in [0.15, 0.2) is 155 Å². The molecular weight excluding hydrogens is 626 g/mol. The Morgan fingerprint density at radius 3 is 2.04 bits per heavy atom. The summed E-state index contributed by atoms with van der Waals surface area (Å²) in [6, 6.07) is 37.7. The third kappa shape index (κ3) is 4.05. The van der Waals surface area contributed by atoms with Crippen LogP contribution < -0.4 is 11.4 Å². The molecule has 244 valence electrons. The van der Waals surface area contributed by atoms with E-state index in [0.717, 1.165) is 16.5 Å². The van der Waals surface area contributed by atoms with Gasteiger partial charge in [-0.25, -0.2) is 23.5 Å². The van der Waals surface area contributed by atoms with Crippen molar-refractivity contribution in [1.82, 2.24) is 13.9 Å². The topological polar surface area (TPSA) is 103 Å². The number of ketones is 2. The van der Waals surface area contributed by atoms with Crippen molar-refractivity contribution in [2.24, 2.45) is 5.92 Å². The highest BCUT2D eigenvalue weighted by atomic mass is 16.3. The van der Waals surface area contributed by atoms with Crippen molar-refractivity contribution in [2.75, 3.05) is 0 Å². The minimum Gasteiger partial charge on any atom is -0.507 e. The molecule has 0 saturated heterocycles. The summed E-state index contributed by atoms with van der Waals surface area (Å²) in [5.41, 5.74) is 1.30. The zero-order valence-electron chi connectivity index (χ0n) is 26.8. The quantitative estimate of drug-likeness (QED) is 0.230. The second kappa shape index (κ2) is 11.1. The predicted octanol–water partition coefficient (Wildman–Crippen LogP) is 6.12. The van der Waals surface area contributed by atoms with E-state index in [9.17, 15) is 14.7 Å². The van der Waals surface area contributed by atoms with Crippen molar-refractivity contribution >= 4 is 27.9 Å². The largest absolute Gasteiger partial charge is 0.507 e. The van der Waals surface area contributed by atoms with E-state index in [-0.39, 0.29) is 30.3 Å². The first-order valence-electron chi connectivity index (χ1n) is 16.7. The van der Waals surface area contributed by atoms with Gasteiger partial charge in [0.15, 0.2) is 11.6 Å². The van der Waals surface area contributed by atoms with E-state index < -0.39 is 34.7 Å². The Kier molecular flexibility index (Phi) is 6.64. The Morgan fingerprint density at radius 1 is 0.680 bits per heavy atom. The first kappa shape index (κ1) is 29.8. The van der Waals surface area contributed by atoms with Gasteiger partial charge in [-0.3, -0.25) is 9.59 Å². The number of nitrogens with zero attached hydrogens (tertiary/aromatic N) is 3. The highest BCUT2D eigenvalue weighted by Crippen LogP contribution is 2.62. The molecule has 0 bridgehead atoms. The third-order valence-electron chi connectivity index (χ3n) is 10.9. The van der Waals surface area contributed by atoms with Gasteiger partial charge >= 0.3 is 11.4 Å². The number of allylic oxidation sites excluding steroid dienone is 4. The number of carbonyl (C=O) groups is 2. The van der Waals surface area contributed by atoms with E-state index in [1.54, 1.807) is 30.3 Å². The molecule has 1 fully saturated rings. The van der Waals surface area contributed by atoms with Crippen molar-refractivity contribution in [3.05, 3.63) is 183 Å². The number of aromatic nitrogens is 3. The number of phenolic OH excluding ortho intramolecular Hbond substituents is 1. The fraction of sp³-hybridized carbons (Fsp3) is 0.143. The van der Waals surface area contributed by atoms with Crippen molar-refractivity contribution < 1.29 is 14.7 Å². The molecule has 0 unspecified atom stereocenters. The maximum atomic E-state index is 15.3. The highest BCUT2D eigenvalue weighted by Gasteiger charge is 2.63. The van der Waals surface area contributed by atoms with Gasteiger partial charge in [-0.05, 0) is 58.3 Å². The van der Waals surface area contributed by atoms with E-state index in [1.807, 2.05) is 103 Å². The summed E-state index contributed by atoms with van der Waals surface area (Å²) in [5, 5.41) is 12.3. The Morgan fingerprint density at radius 2 is 1.32 bits per heavy atom. The molecule has 1 N–H and O–H groups in total. The number of carbonyl (C=O) groups excluding carboxylic acids is 2. The molecule has 6 aromatic rings. The summed E-state index contributed by atoms with van der Waals surface area (Å²) in [6.07, 6.45) is 3.59. The molecule has 2 aliphatic carbocycles. The number of benzene rings is 5. The molecule has 5 aromatic carbocycles. The number of phenols is 1. The SMILES string of the molecule is O=C1C(c2ccccc2)=CC(=O)[C@@]2(c3ccccc3)[C@@H](c3ccc(O)c4ccccc34)C3=CCn4c(=O)n(-c5ccccc5)c(=O)n4[C@@H]3C[C@@H]12. The van der Waals surface area contributed by atoms with Gasteiger partial charge in [0.05, 0.1) is 23.7 Å². The van der Waals surface area contributed by atoms with Gasteiger partial charge in [0.2, 0.25) is 0 Å². The number of para-hydroxylation sites is 1. The van der Waals surface area contributed by atoms with Crippen LogP contribution in [0.1, 0.15) is 35.1 Å². The Labute approximate surface area is 286 Å². The number of Topliss-reactive ketones (excluding diaryl/α,β-unsaturated/α-hetero) is 1. The third-order valence-corrected chi connectivity index (χ3v) is 10.9. The number of rotatable bonds is 4. The van der Waals surface area contributed by atoms with Crippen LogP contribution in [0, 0.1) is 5.92 Å². The molecule has 0 amide bonds. The zero-order chi connectivity index (χ0) is 34.1. The lowest BCUT2D eigenvalue weighted by atomic mass is 9.47. The molecule has 8 nitrogen and oxygen atoms in total. The minimum absolute atomic E-state index is 0.0990. The average Bonchev–Trinajstić information content (AvgIpc) is 3.42. The normalized spacial score (nSPS) is 22.7. The molecule has 1 saturated carbocycles. The monoisotopic (exact) mass is 657 g/mol. The molecule has 1 aromatic heterocycles. The van der Waals surface area contributed by atoms with Crippen molar-refractivity contribution in [3.63, 3.8) is 0 Å². The van der Waals surface area contributed by atoms with Crippen molar-refractivity contribution in [3.8, 4) is 11.4 Å². The van der Waals surface area contributed by atoms with Gasteiger partial charge in [0, 0.05) is 22.8 Å². The molecule has 8 heteroatoms. The van der Waals surface area contributed by atoms with E-state index >= 15 is 9.59 Å². The highest BCUT2D eigenvalue weighted by molar-refractivity contribution is 6.31. The molecular formula is C42H31N3O5. The number of fused-ring (bicyclic) bond motifs is 5. The van der Waals surface area contributed by atoms with Crippen LogP contribution in [0.4, 0.5) is 0 Å². The Bertz CT molecular complexity index is 2540. The molecule has 4 atom stereocenters. The van der Waals surface area contributed by atoms with E-state index in [1.165, 1.54) is 20.0 Å². The molecule has 9 rings (SSSR count). The van der Waals surface area contributed by atoms with Gasteiger partial charge in [-0.1, -0.05) is 115 Å². The standard InChI is InChI=1S/C42H31N3O5/c46-36-21-20-31(29-18-10-11-19-30(29)36)38-32-22-23-43-40(49)44(28-16-8-3-9-17-28)41(50)45(43)35(32)25-34-39(48)33(26-12-4-1-5-13-26)24-37(47)42(34,38)27-14-6-2-7-15-27/h1-22,24,34-35,38,46H,23,25H2/t34-,35+,38-,42-/m0/s1. The van der Waals surface area contributed by atoms with Gasteiger partial charge in [-0.2, -0.15) is 0 Å². The van der Waals surface area contributed by atoms with Gasteiger partial charge in [0.1, 0.15) is 5.75 Å². The molecule has 0 radical (unpaired) electrons. The zero-order valence-corrected chi connectivity index (χ0v) is 26.8. The molecule has 0 spiro atoms. The molecule has 50 heavy (non-hydrogen) atoms. The van der Waals surface area contributed by atoms with E-state index in [2.05, 4.69) is 0 Å². The van der Waals surface area contributed by atoms with Crippen LogP contribution >= 0.6 is 0 Å². The molecule has 2 heterocycles. The fourth-order valence-corrected chi connectivity index (χ4v) is 8.84. The first-order chi connectivity index (χ1) is 24.4. The predicted molar refractivity (Wildman–Crippen MR) is 190 cm³/mol. The maximum absolute atomic E-state index is 15.3. The number of hydrogen-bond acceptors (Lipinski definition) is 5. The Balaban J connectivity index is 1.37. The van der Waals surface area contributed by atoms with Crippen LogP contribution in [0.3, 0.4) is 0 Å². The van der Waals surface area contributed by atoms with Gasteiger partial charge in [0.25, 0.3) is 0 Å². The molecule has 3 aliphatic rings. The lowest BCUT2D eigenvalue weighted by molar-refractivity contribution is -0.133. The summed E-state index contributed by atoms with van der Waals surface area (Å²) in [4.78, 5) is 58.7. The smallest absolute Gasteiger partial charge is 0.352 e. The van der Waals surface area contributed by atoms with Crippen LogP contribution in [-0.2, 0) is 21.5 Å². The van der Waals surface area contributed by atoms with Crippen LogP contribution in [0.25, 0.3) is 22.0 Å². The lowest BCUT2D eigenvalue weighted by Gasteiger charge is -2.54. The number of aromatic hydroxyl groups is 1. The summed E-state index contributed by atoms with van der Waals surface area (Å²) >= 11 is 0. The molecule has 1 aliphatic heterocycles. The Hall–Kier alpha value is -6.28. The number of hydrogen-bond donors (Lipinski definition) is 1. The van der Waals surface area contributed by atoms with E-state index in [4.69, 9.17) is 0 Å². The fourth-order valence-electron chi connectivity index (χ4n) is 8.84. The maximum Gasteiger partial charge on any atom is 0.352 e. The average molecular weight is 658 g/mol. The van der Waals surface area contributed by atoms with Crippen LogP contribution in [0.5, 0.6) is 5.75 Å². The van der Waals surface area contributed by atoms with Crippen molar-refractivity contribution in [2.45, 2.75) is 30.3 Å². The summed E-state index contributed by atoms with van der Waals surface area (Å²) in [5.74, 6) is -1.92. The lowest BCUT2D eigenvalue weighted by Crippen LogP contribution is -2.58.